The Balaban J connectivity index is 1.33. The van der Waals surface area contributed by atoms with Crippen LogP contribution in [0.2, 0.25) is 0 Å². The molecule has 2 N–H and O–H groups in total. The number of likely N-dealkylation sites (tertiary alicyclic amines) is 1. The molecule has 3 amide bonds. The maximum Gasteiger partial charge on any atom is 0.321 e. The van der Waals surface area contributed by atoms with Gasteiger partial charge in [-0.05, 0) is 55.0 Å². The summed E-state index contributed by atoms with van der Waals surface area (Å²) in [4.78, 5) is 26.4. The van der Waals surface area contributed by atoms with Crippen molar-refractivity contribution >= 4 is 17.6 Å². The molecular weight excluding hydrogens is 366 g/mol. The summed E-state index contributed by atoms with van der Waals surface area (Å²) in [5.74, 6) is 1.32. The highest BCUT2D eigenvalue weighted by molar-refractivity contribution is 5.89. The molecule has 0 saturated carbocycles. The summed E-state index contributed by atoms with van der Waals surface area (Å²) in [5, 5.41) is 5.95. The number of carbonyl (C=O) groups excluding carboxylic acids is 2. The van der Waals surface area contributed by atoms with Crippen LogP contribution in [0.1, 0.15) is 24.8 Å². The van der Waals surface area contributed by atoms with Crippen LogP contribution in [0.4, 0.5) is 10.5 Å². The van der Waals surface area contributed by atoms with Crippen molar-refractivity contribution < 1.29 is 14.3 Å². The Morgan fingerprint density at radius 1 is 1.07 bits per heavy atom. The van der Waals surface area contributed by atoms with E-state index < -0.39 is 0 Å². The van der Waals surface area contributed by atoms with Gasteiger partial charge < -0.3 is 20.3 Å². The number of rotatable bonds is 7. The molecule has 29 heavy (non-hydrogen) atoms. The van der Waals surface area contributed by atoms with Crippen LogP contribution in [0.3, 0.4) is 0 Å². The van der Waals surface area contributed by atoms with E-state index in [1.807, 2.05) is 59.5 Å². The van der Waals surface area contributed by atoms with Gasteiger partial charge in [-0.25, -0.2) is 4.79 Å². The van der Waals surface area contributed by atoms with Crippen LogP contribution in [-0.4, -0.2) is 43.6 Å². The smallest absolute Gasteiger partial charge is 0.321 e. The predicted molar refractivity (Wildman–Crippen MR) is 114 cm³/mol. The number of methoxy groups -OCH3 is 1. The normalized spacial score (nSPS) is 14.3. The molecule has 1 aliphatic rings. The van der Waals surface area contributed by atoms with E-state index >= 15 is 0 Å². The lowest BCUT2D eigenvalue weighted by Crippen LogP contribution is -2.41. The Morgan fingerprint density at radius 2 is 1.83 bits per heavy atom. The molecule has 0 spiro atoms. The molecule has 1 fully saturated rings. The van der Waals surface area contributed by atoms with Crippen LogP contribution in [0, 0.1) is 5.92 Å². The number of anilines is 1. The fraction of sp³-hybridized carbons (Fsp3) is 0.391. The van der Waals surface area contributed by atoms with Crippen LogP contribution >= 0.6 is 0 Å². The second kappa shape index (κ2) is 10.5. The minimum Gasteiger partial charge on any atom is -0.497 e. The number of hydrogen-bond donors (Lipinski definition) is 2. The molecular formula is C23H29N3O3. The van der Waals surface area contributed by atoms with Crippen LogP contribution < -0.4 is 15.4 Å². The monoisotopic (exact) mass is 395 g/mol. The first-order chi connectivity index (χ1) is 14.1. The minimum atomic E-state index is -0.0405. The van der Waals surface area contributed by atoms with Gasteiger partial charge in [-0.3, -0.25) is 4.79 Å². The van der Waals surface area contributed by atoms with Gasteiger partial charge in [0.05, 0.1) is 13.5 Å². The number of nitrogens with zero attached hydrogens (tertiary/aromatic N) is 1. The number of nitrogens with one attached hydrogen (secondary N) is 2. The Labute approximate surface area is 172 Å². The summed E-state index contributed by atoms with van der Waals surface area (Å²) in [6, 6.07) is 17.1. The van der Waals surface area contributed by atoms with Crippen molar-refractivity contribution in [2.75, 3.05) is 32.1 Å². The highest BCUT2D eigenvalue weighted by Crippen LogP contribution is 2.21. The van der Waals surface area contributed by atoms with Gasteiger partial charge >= 0.3 is 6.03 Å². The number of amides is 3. The number of benzene rings is 2. The van der Waals surface area contributed by atoms with E-state index in [1.165, 1.54) is 0 Å². The molecule has 0 unspecified atom stereocenters. The summed E-state index contributed by atoms with van der Waals surface area (Å²) in [7, 11) is 1.62. The number of ether oxygens (including phenoxy) is 1. The SMILES string of the molecule is COc1cccc(CC(=O)NCCC2CCN(C(=O)Nc3ccccc3)CC2)c1. The fourth-order valence-electron chi connectivity index (χ4n) is 3.59. The lowest BCUT2D eigenvalue weighted by Gasteiger charge is -2.32. The summed E-state index contributed by atoms with van der Waals surface area (Å²) >= 11 is 0. The average Bonchev–Trinajstić information content (AvgIpc) is 2.75. The second-order valence-electron chi connectivity index (χ2n) is 7.39. The van der Waals surface area contributed by atoms with Gasteiger partial charge in [0.25, 0.3) is 0 Å². The lowest BCUT2D eigenvalue weighted by atomic mass is 9.93. The molecule has 2 aromatic carbocycles. The van der Waals surface area contributed by atoms with E-state index in [9.17, 15) is 9.59 Å². The molecule has 6 nitrogen and oxygen atoms in total. The fourth-order valence-corrected chi connectivity index (χ4v) is 3.59. The zero-order valence-corrected chi connectivity index (χ0v) is 16.9. The van der Waals surface area contributed by atoms with Crippen LogP contribution in [0.25, 0.3) is 0 Å². The van der Waals surface area contributed by atoms with E-state index in [-0.39, 0.29) is 11.9 Å². The van der Waals surface area contributed by atoms with Crippen molar-refractivity contribution in [2.45, 2.75) is 25.7 Å². The van der Waals surface area contributed by atoms with Crippen molar-refractivity contribution in [1.82, 2.24) is 10.2 Å². The molecule has 0 radical (unpaired) electrons. The third-order valence-electron chi connectivity index (χ3n) is 5.30. The zero-order chi connectivity index (χ0) is 20.5. The number of urea groups is 1. The first kappa shape index (κ1) is 20.7. The van der Waals surface area contributed by atoms with Gasteiger partial charge in [-0.2, -0.15) is 0 Å². The summed E-state index contributed by atoms with van der Waals surface area (Å²) in [6.07, 6.45) is 3.23. The summed E-state index contributed by atoms with van der Waals surface area (Å²) < 4.78 is 5.19. The molecule has 0 aliphatic carbocycles. The van der Waals surface area contributed by atoms with E-state index in [4.69, 9.17) is 4.74 Å². The van der Waals surface area contributed by atoms with Gasteiger partial charge in [0.1, 0.15) is 5.75 Å². The number of piperidine rings is 1. The van der Waals surface area contributed by atoms with Crippen molar-refractivity contribution in [3.8, 4) is 5.75 Å². The topological polar surface area (TPSA) is 70.7 Å². The molecule has 0 atom stereocenters. The van der Waals surface area contributed by atoms with Gasteiger partial charge in [-0.1, -0.05) is 30.3 Å². The van der Waals surface area contributed by atoms with Gasteiger partial charge in [0.2, 0.25) is 5.91 Å². The van der Waals surface area contributed by atoms with Crippen LogP contribution in [0.5, 0.6) is 5.75 Å². The summed E-state index contributed by atoms with van der Waals surface area (Å²) in [5.41, 5.74) is 1.76. The van der Waals surface area contributed by atoms with Crippen LogP contribution in [0.15, 0.2) is 54.6 Å². The molecule has 154 valence electrons. The first-order valence-electron chi connectivity index (χ1n) is 10.1. The number of carbonyl (C=O) groups is 2. The van der Waals surface area contributed by atoms with E-state index in [2.05, 4.69) is 10.6 Å². The molecule has 0 bridgehead atoms. The van der Waals surface area contributed by atoms with Crippen molar-refractivity contribution in [1.29, 1.82) is 0 Å². The molecule has 0 aromatic heterocycles. The van der Waals surface area contributed by atoms with Gasteiger partial charge in [-0.15, -0.1) is 0 Å². The molecule has 3 rings (SSSR count). The minimum absolute atomic E-state index is 0.0259. The van der Waals surface area contributed by atoms with E-state index in [0.29, 0.717) is 18.9 Å². The zero-order valence-electron chi connectivity index (χ0n) is 16.9. The van der Waals surface area contributed by atoms with E-state index in [0.717, 1.165) is 49.4 Å². The van der Waals surface area contributed by atoms with E-state index in [1.54, 1.807) is 7.11 Å². The Bertz CT molecular complexity index is 802. The largest absolute Gasteiger partial charge is 0.497 e. The third kappa shape index (κ3) is 6.52. The Kier molecular flexibility index (Phi) is 7.50. The maximum absolute atomic E-state index is 12.3. The second-order valence-corrected chi connectivity index (χ2v) is 7.39. The highest BCUT2D eigenvalue weighted by Gasteiger charge is 2.22. The standard InChI is InChI=1S/C23H29N3O3/c1-29-21-9-5-6-19(16-21)17-22(27)24-13-10-18-11-14-26(15-12-18)23(28)25-20-7-3-2-4-8-20/h2-9,16,18H,10-15,17H2,1H3,(H,24,27)(H,25,28). The summed E-state index contributed by atoms with van der Waals surface area (Å²) in [6.45, 7) is 2.17. The lowest BCUT2D eigenvalue weighted by molar-refractivity contribution is -0.120. The Hall–Kier alpha value is -3.02. The van der Waals surface area contributed by atoms with Crippen molar-refractivity contribution in [2.24, 2.45) is 5.92 Å². The van der Waals surface area contributed by atoms with Gasteiger partial charge in [0.15, 0.2) is 0 Å². The Morgan fingerprint density at radius 3 is 2.55 bits per heavy atom. The molecule has 1 saturated heterocycles. The molecule has 2 aromatic rings. The predicted octanol–water partition coefficient (Wildman–Crippen LogP) is 3.69. The van der Waals surface area contributed by atoms with Crippen LogP contribution in [-0.2, 0) is 11.2 Å². The van der Waals surface area contributed by atoms with Gasteiger partial charge in [0, 0.05) is 25.3 Å². The van der Waals surface area contributed by atoms with Crippen molar-refractivity contribution in [3.05, 3.63) is 60.2 Å². The van der Waals surface area contributed by atoms with Crippen molar-refractivity contribution in [3.63, 3.8) is 0 Å². The highest BCUT2D eigenvalue weighted by atomic mass is 16.5. The molecule has 6 heteroatoms. The number of hydrogen-bond acceptors (Lipinski definition) is 3. The molecule has 1 heterocycles. The maximum atomic E-state index is 12.3. The molecule has 1 aliphatic heterocycles. The first-order valence-corrected chi connectivity index (χ1v) is 10.1. The number of para-hydroxylation sites is 1. The third-order valence-corrected chi connectivity index (χ3v) is 5.30. The average molecular weight is 396 g/mol. The quantitative estimate of drug-likeness (QED) is 0.751.